The second-order valence-corrected chi connectivity index (χ2v) is 10.6. The lowest BCUT2D eigenvalue weighted by Gasteiger charge is -2.14. The quantitative estimate of drug-likeness (QED) is 0.218. The van der Waals surface area contributed by atoms with Crippen molar-refractivity contribution >= 4 is 87.8 Å². The smallest absolute Gasteiger partial charge is 0.320 e. The number of nitrogens with one attached hydrogen (secondary N) is 3. The van der Waals surface area contributed by atoms with Crippen LogP contribution in [0.4, 0.5) is 11.4 Å². The molecule has 3 N–H and O–H groups in total. The minimum Gasteiger partial charge on any atom is -0.320 e. The van der Waals surface area contributed by atoms with Gasteiger partial charge in [0.25, 0.3) is 5.91 Å². The van der Waals surface area contributed by atoms with Crippen molar-refractivity contribution < 1.29 is 14.4 Å². The number of aryl methyl sites for hydroxylation is 2. The maximum atomic E-state index is 13.2. The minimum atomic E-state index is -0.915. The van der Waals surface area contributed by atoms with Gasteiger partial charge in [0.15, 0.2) is 0 Å². The summed E-state index contributed by atoms with van der Waals surface area (Å²) in [5, 5.41) is 6.20. The maximum Gasteiger partial charge on any atom is 0.328 e. The Morgan fingerprint density at radius 1 is 0.686 bits per heavy atom. The van der Waals surface area contributed by atoms with Crippen molar-refractivity contribution in [2.45, 2.75) is 13.8 Å². The van der Waals surface area contributed by atoms with Gasteiger partial charge in [-0.3, -0.25) is 19.8 Å². The zero-order chi connectivity index (χ0) is 25.3. The predicted molar refractivity (Wildman–Crippen MR) is 148 cm³/mol. The Balaban J connectivity index is 1.64. The Morgan fingerprint density at radius 2 is 1.23 bits per heavy atom. The van der Waals surface area contributed by atoms with Crippen LogP contribution < -0.4 is 16.1 Å². The number of halogens is 3. The highest BCUT2D eigenvalue weighted by molar-refractivity contribution is 9.11. The van der Waals surface area contributed by atoms with Crippen molar-refractivity contribution in [2.24, 2.45) is 0 Å². The number of hydrogen-bond acceptors (Lipinski definition) is 3. The molecular formula is C25H19Br3N4O3. The van der Waals surface area contributed by atoms with Crippen molar-refractivity contribution in [3.8, 4) is 0 Å². The third-order valence-corrected chi connectivity index (χ3v) is 6.77. The summed E-state index contributed by atoms with van der Waals surface area (Å²) in [4.78, 5) is 38.7. The van der Waals surface area contributed by atoms with E-state index in [-0.39, 0.29) is 5.69 Å². The van der Waals surface area contributed by atoms with Crippen molar-refractivity contribution in [1.82, 2.24) is 4.68 Å². The zero-order valence-corrected chi connectivity index (χ0v) is 23.3. The Morgan fingerprint density at radius 3 is 1.83 bits per heavy atom. The average molecular weight is 663 g/mol. The van der Waals surface area contributed by atoms with Crippen LogP contribution in [0.5, 0.6) is 0 Å². The van der Waals surface area contributed by atoms with Crippen molar-refractivity contribution in [2.75, 3.05) is 16.1 Å². The monoisotopic (exact) mass is 660 g/mol. The van der Waals surface area contributed by atoms with Crippen LogP contribution in [0.1, 0.15) is 21.6 Å². The molecule has 0 fully saturated rings. The Labute approximate surface area is 226 Å². The number of carbonyl (C=O) groups is 3. The molecule has 4 aromatic rings. The molecule has 0 atom stereocenters. The first-order chi connectivity index (χ1) is 16.6. The van der Waals surface area contributed by atoms with Gasteiger partial charge in [-0.05, 0) is 85.6 Å². The molecule has 178 valence electrons. The molecule has 0 saturated carbocycles. The van der Waals surface area contributed by atoms with E-state index in [4.69, 9.17) is 0 Å². The molecule has 0 radical (unpaired) electrons. The van der Waals surface area contributed by atoms with E-state index in [1.165, 1.54) is 4.68 Å². The lowest BCUT2D eigenvalue weighted by Crippen LogP contribution is -2.36. The van der Waals surface area contributed by atoms with Crippen LogP contribution in [-0.2, 0) is 9.59 Å². The first-order valence-corrected chi connectivity index (χ1v) is 12.8. The van der Waals surface area contributed by atoms with Crippen LogP contribution in [0.2, 0.25) is 0 Å². The van der Waals surface area contributed by atoms with Gasteiger partial charge in [-0.15, -0.1) is 0 Å². The summed E-state index contributed by atoms with van der Waals surface area (Å²) in [6, 6.07) is 17.8. The Bertz CT molecular complexity index is 1500. The average Bonchev–Trinajstić information content (AvgIpc) is 3.14. The first kappa shape index (κ1) is 25.2. The summed E-state index contributed by atoms with van der Waals surface area (Å²) in [7, 11) is 0. The lowest BCUT2D eigenvalue weighted by atomic mass is 10.2. The van der Waals surface area contributed by atoms with E-state index in [0.29, 0.717) is 22.3 Å². The summed E-state index contributed by atoms with van der Waals surface area (Å²) < 4.78 is 3.89. The summed E-state index contributed by atoms with van der Waals surface area (Å²) >= 11 is 10.2. The van der Waals surface area contributed by atoms with E-state index >= 15 is 0 Å². The van der Waals surface area contributed by atoms with Gasteiger partial charge < -0.3 is 10.6 Å². The molecule has 35 heavy (non-hydrogen) atoms. The van der Waals surface area contributed by atoms with Gasteiger partial charge in [-0.2, -0.15) is 0 Å². The van der Waals surface area contributed by atoms with Crippen LogP contribution in [0.25, 0.3) is 10.9 Å². The third kappa shape index (κ3) is 5.66. The largest absolute Gasteiger partial charge is 0.328 e. The van der Waals surface area contributed by atoms with Crippen LogP contribution >= 0.6 is 47.8 Å². The fourth-order valence-corrected chi connectivity index (χ4v) is 4.86. The molecule has 1 aromatic heterocycles. The second-order valence-electron chi connectivity index (χ2n) is 7.84. The molecule has 0 aliphatic heterocycles. The van der Waals surface area contributed by atoms with Gasteiger partial charge in [0.2, 0.25) is 0 Å². The summed E-state index contributed by atoms with van der Waals surface area (Å²) in [6.45, 7) is 3.70. The van der Waals surface area contributed by atoms with Crippen LogP contribution in [0, 0.1) is 13.8 Å². The molecule has 0 aliphatic carbocycles. The van der Waals surface area contributed by atoms with E-state index in [1.807, 2.05) is 38.1 Å². The number of rotatable bonds is 4. The van der Waals surface area contributed by atoms with Crippen LogP contribution in [0.15, 0.2) is 74.1 Å². The highest BCUT2D eigenvalue weighted by atomic mass is 79.9. The van der Waals surface area contributed by atoms with Crippen LogP contribution in [-0.4, -0.2) is 22.4 Å². The summed E-state index contributed by atoms with van der Waals surface area (Å²) in [5.74, 6) is -2.21. The zero-order valence-electron chi connectivity index (χ0n) is 18.6. The molecule has 0 unspecified atom stereocenters. The minimum absolute atomic E-state index is 0.168. The molecule has 7 nitrogen and oxygen atoms in total. The molecule has 0 aliphatic rings. The number of fused-ring (bicyclic) bond motifs is 1. The molecular weight excluding hydrogens is 644 g/mol. The molecule has 10 heteroatoms. The van der Waals surface area contributed by atoms with E-state index in [9.17, 15) is 14.4 Å². The van der Waals surface area contributed by atoms with E-state index in [1.54, 1.807) is 36.4 Å². The fraction of sp³-hybridized carbons (Fsp3) is 0.0800. The number of aromatic nitrogens is 1. The second kappa shape index (κ2) is 10.3. The lowest BCUT2D eigenvalue weighted by molar-refractivity contribution is -0.133. The van der Waals surface area contributed by atoms with Crippen molar-refractivity contribution in [3.63, 3.8) is 0 Å². The number of amides is 3. The van der Waals surface area contributed by atoms with E-state index < -0.39 is 17.7 Å². The van der Waals surface area contributed by atoms with Gasteiger partial charge in [0.05, 0.1) is 5.52 Å². The summed E-state index contributed by atoms with van der Waals surface area (Å²) in [6.07, 6.45) is 0. The molecule has 4 rings (SSSR count). The molecule has 1 heterocycles. The normalized spacial score (nSPS) is 10.8. The summed E-state index contributed by atoms with van der Waals surface area (Å²) in [5.41, 5.74) is 6.10. The number of anilines is 2. The Hall–Kier alpha value is -2.95. The van der Waals surface area contributed by atoms with E-state index in [0.717, 1.165) is 24.5 Å². The number of nitrogens with zero attached hydrogens (tertiary/aromatic N) is 1. The number of benzene rings is 3. The van der Waals surface area contributed by atoms with Gasteiger partial charge in [0, 0.05) is 30.2 Å². The molecule has 0 saturated heterocycles. The maximum absolute atomic E-state index is 13.2. The highest BCUT2D eigenvalue weighted by Crippen LogP contribution is 2.26. The fourth-order valence-electron chi connectivity index (χ4n) is 3.53. The van der Waals surface area contributed by atoms with E-state index in [2.05, 4.69) is 63.8 Å². The predicted octanol–water partition coefficient (Wildman–Crippen LogP) is 6.51. The number of carbonyl (C=O) groups excluding carboxylic acids is 3. The molecule has 3 amide bonds. The van der Waals surface area contributed by atoms with Gasteiger partial charge in [-0.1, -0.05) is 47.8 Å². The SMILES string of the molecule is Cc1cc(Br)ccc1NC(=O)C(=O)Nn1c(C(=O)Nc2ccc(Br)cc2C)cc2cc(Br)ccc21. The molecule has 0 spiro atoms. The standard InChI is InChI=1S/C25H19Br3N4O3/c1-13-9-16(26)3-6-19(13)29-23(33)22-12-15-11-18(28)5-8-21(15)32(22)31-25(35)24(34)30-20-7-4-17(27)10-14(20)2/h3-12H,1-2H3,(H,29,33)(H,30,34)(H,31,35). The van der Waals surface area contributed by atoms with Crippen LogP contribution in [0.3, 0.4) is 0 Å². The first-order valence-electron chi connectivity index (χ1n) is 10.4. The third-order valence-electron chi connectivity index (χ3n) is 5.29. The van der Waals surface area contributed by atoms with Gasteiger partial charge >= 0.3 is 11.8 Å². The Kier molecular flexibility index (Phi) is 7.44. The van der Waals surface area contributed by atoms with Crippen molar-refractivity contribution in [1.29, 1.82) is 0 Å². The number of hydrogen-bond donors (Lipinski definition) is 3. The van der Waals surface area contributed by atoms with Crippen molar-refractivity contribution in [3.05, 3.63) is 90.9 Å². The molecule has 0 bridgehead atoms. The molecule has 3 aromatic carbocycles. The van der Waals surface area contributed by atoms with Gasteiger partial charge in [0.1, 0.15) is 5.69 Å². The highest BCUT2D eigenvalue weighted by Gasteiger charge is 2.22. The van der Waals surface area contributed by atoms with Gasteiger partial charge in [-0.25, -0.2) is 4.68 Å². The topological polar surface area (TPSA) is 92.2 Å².